The fourth-order valence-electron chi connectivity index (χ4n) is 1.71. The van der Waals surface area contributed by atoms with E-state index in [9.17, 15) is 9.59 Å². The van der Waals surface area contributed by atoms with E-state index < -0.39 is 0 Å². The zero-order chi connectivity index (χ0) is 13.8. The summed E-state index contributed by atoms with van der Waals surface area (Å²) < 4.78 is 1.52. The van der Waals surface area contributed by atoms with E-state index >= 15 is 0 Å². The first-order valence-corrected chi connectivity index (χ1v) is 7.31. The first-order chi connectivity index (χ1) is 9.10. The minimum Gasteiger partial charge on any atom is -0.300 e. The smallest absolute Gasteiger partial charge is 0.300 e. The molecular weight excluding hydrogens is 286 g/mol. The highest BCUT2D eigenvalue weighted by Gasteiger charge is 2.03. The molecule has 2 heterocycles. The molecule has 0 aliphatic carbocycles. The van der Waals surface area contributed by atoms with Gasteiger partial charge in [-0.05, 0) is 13.3 Å². The van der Waals surface area contributed by atoms with Crippen molar-refractivity contribution >= 4 is 22.9 Å². The monoisotopic (exact) mass is 299 g/mol. The number of nitrogens with zero attached hydrogens (tertiary/aromatic N) is 2. The zero-order valence-corrected chi connectivity index (χ0v) is 12.1. The van der Waals surface area contributed by atoms with Crippen molar-refractivity contribution in [1.82, 2.24) is 14.5 Å². The molecule has 0 spiro atoms. The van der Waals surface area contributed by atoms with Gasteiger partial charge in [0.2, 0.25) is 0 Å². The second kappa shape index (κ2) is 6.16. The molecule has 0 bridgehead atoms. The Balaban J connectivity index is 1.97. The van der Waals surface area contributed by atoms with Crippen LogP contribution in [0.3, 0.4) is 0 Å². The van der Waals surface area contributed by atoms with Crippen LogP contribution in [0.2, 0.25) is 0 Å². The molecule has 0 radical (unpaired) electrons. The number of nitrogens with one attached hydrogen (secondary N) is 1. The molecular formula is C12H14ClN3O2S. The molecule has 0 amide bonds. The number of aryl methyl sites for hydroxylation is 3. The number of halogens is 1. The molecule has 2 aromatic rings. The normalized spacial score (nSPS) is 10.8. The molecule has 2 aromatic heterocycles. The standard InChI is InChI=1S/C12H14ClN3O2S/c1-8-6-16(12(18)15-11(8)17)4-2-3-10-14-9(5-13)7-19-10/h6-7H,2-5H2,1H3,(H,15,17,18). The molecule has 1 N–H and O–H groups in total. The molecule has 0 unspecified atom stereocenters. The highest BCUT2D eigenvalue weighted by molar-refractivity contribution is 7.09. The maximum Gasteiger partial charge on any atom is 0.328 e. The van der Waals surface area contributed by atoms with Crippen LogP contribution < -0.4 is 11.2 Å². The first kappa shape index (κ1) is 14.0. The van der Waals surface area contributed by atoms with Crippen LogP contribution >= 0.6 is 22.9 Å². The van der Waals surface area contributed by atoms with Crippen molar-refractivity contribution in [1.29, 1.82) is 0 Å². The molecule has 0 atom stereocenters. The Hall–Kier alpha value is -1.40. The zero-order valence-electron chi connectivity index (χ0n) is 10.5. The van der Waals surface area contributed by atoms with E-state index in [-0.39, 0.29) is 11.2 Å². The molecule has 0 fully saturated rings. The Labute approximate surface area is 118 Å². The number of hydrogen-bond acceptors (Lipinski definition) is 4. The summed E-state index contributed by atoms with van der Waals surface area (Å²) in [5.41, 5.74) is 0.737. The van der Waals surface area contributed by atoms with Gasteiger partial charge >= 0.3 is 5.69 Å². The van der Waals surface area contributed by atoms with Crippen molar-refractivity contribution < 1.29 is 0 Å². The summed E-state index contributed by atoms with van der Waals surface area (Å²) in [5, 5.41) is 2.96. The Kier molecular flexibility index (Phi) is 4.55. The Morgan fingerprint density at radius 3 is 2.95 bits per heavy atom. The molecule has 0 aromatic carbocycles. The van der Waals surface area contributed by atoms with E-state index in [1.165, 1.54) is 4.57 Å². The van der Waals surface area contributed by atoms with E-state index in [0.717, 1.165) is 23.5 Å². The van der Waals surface area contributed by atoms with Crippen molar-refractivity contribution in [2.24, 2.45) is 0 Å². The maximum absolute atomic E-state index is 11.6. The summed E-state index contributed by atoms with van der Waals surface area (Å²) in [5.74, 6) is 0.426. The molecule has 0 aliphatic heterocycles. The second-order valence-electron chi connectivity index (χ2n) is 4.23. The van der Waals surface area contributed by atoms with Crippen LogP contribution in [0.4, 0.5) is 0 Å². The highest BCUT2D eigenvalue weighted by atomic mass is 35.5. The van der Waals surface area contributed by atoms with Crippen molar-refractivity contribution in [3.05, 3.63) is 48.7 Å². The lowest BCUT2D eigenvalue weighted by Crippen LogP contribution is -2.30. The van der Waals surface area contributed by atoms with E-state index in [4.69, 9.17) is 11.6 Å². The van der Waals surface area contributed by atoms with Gasteiger partial charge in [0, 0.05) is 30.1 Å². The van der Waals surface area contributed by atoms with Gasteiger partial charge in [0.05, 0.1) is 16.6 Å². The fraction of sp³-hybridized carbons (Fsp3) is 0.417. The summed E-state index contributed by atoms with van der Waals surface area (Å²) in [6, 6.07) is 0. The number of aromatic amines is 1. The molecule has 0 aliphatic rings. The van der Waals surface area contributed by atoms with Crippen LogP contribution in [0.15, 0.2) is 21.2 Å². The SMILES string of the molecule is Cc1cn(CCCc2nc(CCl)cs2)c(=O)[nH]c1=O. The van der Waals surface area contributed by atoms with Gasteiger partial charge in [0.25, 0.3) is 5.56 Å². The van der Waals surface area contributed by atoms with Crippen LogP contribution in [0.5, 0.6) is 0 Å². The second-order valence-corrected chi connectivity index (χ2v) is 5.44. The highest BCUT2D eigenvalue weighted by Crippen LogP contribution is 2.13. The molecule has 0 saturated heterocycles. The Bertz CT molecular complexity index is 674. The van der Waals surface area contributed by atoms with E-state index in [1.54, 1.807) is 24.5 Å². The van der Waals surface area contributed by atoms with Crippen LogP contribution in [0.25, 0.3) is 0 Å². The molecule has 2 rings (SSSR count). The van der Waals surface area contributed by atoms with Crippen molar-refractivity contribution in [3.8, 4) is 0 Å². The van der Waals surface area contributed by atoms with Gasteiger partial charge < -0.3 is 4.57 Å². The largest absolute Gasteiger partial charge is 0.328 e. The Morgan fingerprint density at radius 2 is 2.26 bits per heavy atom. The summed E-state index contributed by atoms with van der Waals surface area (Å²) in [6.45, 7) is 2.24. The topological polar surface area (TPSA) is 67.8 Å². The van der Waals surface area contributed by atoms with E-state index in [2.05, 4.69) is 9.97 Å². The average Bonchev–Trinajstić information content (AvgIpc) is 2.83. The molecule has 102 valence electrons. The lowest BCUT2D eigenvalue weighted by molar-refractivity contribution is 0.600. The summed E-state index contributed by atoms with van der Waals surface area (Å²) in [4.78, 5) is 29.4. The van der Waals surface area contributed by atoms with Gasteiger partial charge in [0.1, 0.15) is 0 Å². The van der Waals surface area contributed by atoms with E-state index in [0.29, 0.717) is 18.0 Å². The van der Waals surface area contributed by atoms with Gasteiger partial charge in [-0.3, -0.25) is 9.78 Å². The van der Waals surface area contributed by atoms with Crippen molar-refractivity contribution in [3.63, 3.8) is 0 Å². The lowest BCUT2D eigenvalue weighted by Gasteiger charge is -2.04. The number of aromatic nitrogens is 3. The van der Waals surface area contributed by atoms with Gasteiger partial charge in [-0.25, -0.2) is 9.78 Å². The third kappa shape index (κ3) is 3.54. The maximum atomic E-state index is 11.6. The number of H-pyrrole nitrogens is 1. The third-order valence-electron chi connectivity index (χ3n) is 2.71. The average molecular weight is 300 g/mol. The van der Waals surface area contributed by atoms with Crippen LogP contribution in [0.1, 0.15) is 22.7 Å². The number of rotatable bonds is 5. The number of alkyl halides is 1. The van der Waals surface area contributed by atoms with E-state index in [1.807, 2.05) is 5.38 Å². The third-order valence-corrected chi connectivity index (χ3v) is 3.95. The molecule has 0 saturated carbocycles. The quantitative estimate of drug-likeness (QED) is 0.854. The lowest BCUT2D eigenvalue weighted by atomic mass is 10.3. The molecule has 5 nitrogen and oxygen atoms in total. The molecule has 19 heavy (non-hydrogen) atoms. The predicted molar refractivity (Wildman–Crippen MR) is 76.1 cm³/mol. The van der Waals surface area contributed by atoms with Crippen molar-refractivity contribution in [2.75, 3.05) is 0 Å². The summed E-state index contributed by atoms with van der Waals surface area (Å²) in [6.07, 6.45) is 3.18. The predicted octanol–water partition coefficient (Wildman–Crippen LogP) is 1.67. The fourth-order valence-corrected chi connectivity index (χ4v) is 2.78. The van der Waals surface area contributed by atoms with Crippen LogP contribution in [-0.2, 0) is 18.8 Å². The molecule has 7 heteroatoms. The van der Waals surface area contributed by atoms with Gasteiger partial charge in [-0.15, -0.1) is 22.9 Å². The minimum absolute atomic E-state index is 0.326. The number of thiazole rings is 1. The Morgan fingerprint density at radius 1 is 1.47 bits per heavy atom. The summed E-state index contributed by atoms with van der Waals surface area (Å²) >= 11 is 7.27. The van der Waals surface area contributed by atoms with Gasteiger partial charge in [-0.2, -0.15) is 0 Å². The van der Waals surface area contributed by atoms with Gasteiger partial charge in [0.15, 0.2) is 0 Å². The minimum atomic E-state index is -0.365. The van der Waals surface area contributed by atoms with Gasteiger partial charge in [-0.1, -0.05) is 0 Å². The van der Waals surface area contributed by atoms with Crippen molar-refractivity contribution in [2.45, 2.75) is 32.2 Å². The number of hydrogen-bond donors (Lipinski definition) is 1. The summed E-state index contributed by atoms with van der Waals surface area (Å²) in [7, 11) is 0. The van der Waals surface area contributed by atoms with Crippen LogP contribution in [0, 0.1) is 6.92 Å². The first-order valence-electron chi connectivity index (χ1n) is 5.90. The van der Waals surface area contributed by atoms with Crippen LogP contribution in [-0.4, -0.2) is 14.5 Å².